The maximum Gasteiger partial charge on any atom is 0.317 e. The highest BCUT2D eigenvalue weighted by molar-refractivity contribution is 6.30. The smallest absolute Gasteiger partial charge is 0.317 e. The van der Waals surface area contributed by atoms with E-state index in [4.69, 9.17) is 11.6 Å². The van der Waals surface area contributed by atoms with Crippen molar-refractivity contribution in [3.05, 3.63) is 34.9 Å². The first-order valence-corrected chi connectivity index (χ1v) is 6.05. The van der Waals surface area contributed by atoms with Gasteiger partial charge in [0.15, 0.2) is 0 Å². The van der Waals surface area contributed by atoms with Crippen LogP contribution < -0.4 is 5.32 Å². The minimum atomic E-state index is -0.0710. The van der Waals surface area contributed by atoms with Crippen LogP contribution in [0.1, 0.15) is 25.3 Å². The van der Waals surface area contributed by atoms with Gasteiger partial charge in [0.2, 0.25) is 0 Å². The molecule has 0 saturated heterocycles. The summed E-state index contributed by atoms with van der Waals surface area (Å²) in [6.45, 7) is 4.14. The van der Waals surface area contributed by atoms with Crippen molar-refractivity contribution in [1.82, 2.24) is 10.2 Å². The molecule has 0 heterocycles. The molecule has 17 heavy (non-hydrogen) atoms. The fourth-order valence-corrected chi connectivity index (χ4v) is 1.87. The molecule has 1 rings (SSSR count). The van der Waals surface area contributed by atoms with Crippen molar-refractivity contribution in [2.45, 2.75) is 25.8 Å². The number of likely N-dealkylation sites (N-methyl/N-ethyl adjacent to an activating group) is 1. The van der Waals surface area contributed by atoms with Gasteiger partial charge in [0.25, 0.3) is 0 Å². The zero-order valence-electron chi connectivity index (χ0n) is 10.7. The van der Waals surface area contributed by atoms with Crippen molar-refractivity contribution in [1.29, 1.82) is 0 Å². The van der Waals surface area contributed by atoms with E-state index in [0.717, 1.165) is 5.02 Å². The van der Waals surface area contributed by atoms with E-state index in [-0.39, 0.29) is 18.0 Å². The molecule has 1 aromatic carbocycles. The molecule has 0 aliphatic rings. The molecule has 2 unspecified atom stereocenters. The Bertz CT molecular complexity index is 378. The van der Waals surface area contributed by atoms with Crippen molar-refractivity contribution in [2.24, 2.45) is 0 Å². The topological polar surface area (TPSA) is 32.3 Å². The third-order valence-electron chi connectivity index (χ3n) is 3.26. The van der Waals surface area contributed by atoms with E-state index in [1.54, 1.807) is 19.0 Å². The Hall–Kier alpha value is -1.22. The molecular weight excluding hydrogens is 236 g/mol. The molecule has 0 aliphatic carbocycles. The Morgan fingerprint density at radius 1 is 1.29 bits per heavy atom. The number of rotatable bonds is 3. The minimum Gasteiger partial charge on any atom is -0.341 e. The Morgan fingerprint density at radius 2 is 1.82 bits per heavy atom. The van der Waals surface area contributed by atoms with Crippen LogP contribution in [-0.4, -0.2) is 31.1 Å². The molecule has 3 nitrogen and oxygen atoms in total. The Labute approximate surface area is 108 Å². The normalized spacial score (nSPS) is 13.9. The summed E-state index contributed by atoms with van der Waals surface area (Å²) >= 11 is 5.86. The number of benzene rings is 1. The lowest BCUT2D eigenvalue weighted by Gasteiger charge is -2.29. The lowest BCUT2D eigenvalue weighted by atomic mass is 9.94. The molecule has 2 amide bonds. The Kier molecular flexibility index (Phi) is 4.82. The zero-order valence-corrected chi connectivity index (χ0v) is 11.5. The van der Waals surface area contributed by atoms with E-state index in [0.29, 0.717) is 0 Å². The van der Waals surface area contributed by atoms with Crippen molar-refractivity contribution in [3.63, 3.8) is 0 Å². The van der Waals surface area contributed by atoms with E-state index in [9.17, 15) is 4.79 Å². The van der Waals surface area contributed by atoms with Crippen LogP contribution in [-0.2, 0) is 0 Å². The maximum atomic E-state index is 11.5. The van der Waals surface area contributed by atoms with Crippen LogP contribution in [0.4, 0.5) is 4.79 Å². The molecule has 0 radical (unpaired) electrons. The largest absolute Gasteiger partial charge is 0.341 e. The second kappa shape index (κ2) is 5.92. The van der Waals surface area contributed by atoms with Crippen LogP contribution in [0, 0.1) is 0 Å². The van der Waals surface area contributed by atoms with Gasteiger partial charge in [-0.25, -0.2) is 4.79 Å². The van der Waals surface area contributed by atoms with E-state index in [2.05, 4.69) is 12.2 Å². The molecule has 0 fully saturated rings. The summed E-state index contributed by atoms with van der Waals surface area (Å²) < 4.78 is 0. The highest BCUT2D eigenvalue weighted by Gasteiger charge is 2.21. The van der Waals surface area contributed by atoms with Gasteiger partial charge in [-0.2, -0.15) is 0 Å². The van der Waals surface area contributed by atoms with Crippen LogP contribution in [0.2, 0.25) is 5.02 Å². The fraction of sp³-hybridized carbons (Fsp3) is 0.462. The van der Waals surface area contributed by atoms with E-state index in [1.807, 2.05) is 31.2 Å². The first-order valence-electron chi connectivity index (χ1n) is 5.67. The molecule has 4 heteroatoms. The Morgan fingerprint density at radius 3 is 2.29 bits per heavy atom. The number of nitrogens with zero attached hydrogens (tertiary/aromatic N) is 1. The van der Waals surface area contributed by atoms with E-state index in [1.165, 1.54) is 5.56 Å². The van der Waals surface area contributed by atoms with Gasteiger partial charge in [-0.1, -0.05) is 30.7 Å². The Balaban J connectivity index is 2.78. The highest BCUT2D eigenvalue weighted by atomic mass is 35.5. The zero-order chi connectivity index (χ0) is 13.0. The van der Waals surface area contributed by atoms with Crippen molar-refractivity contribution >= 4 is 17.6 Å². The maximum absolute atomic E-state index is 11.5. The van der Waals surface area contributed by atoms with Gasteiger partial charge in [-0.15, -0.1) is 0 Å². The van der Waals surface area contributed by atoms with Gasteiger partial charge in [0.05, 0.1) is 0 Å². The molecule has 0 saturated carbocycles. The fourth-order valence-electron chi connectivity index (χ4n) is 1.74. The number of amides is 2. The summed E-state index contributed by atoms with van der Waals surface area (Å²) in [5.41, 5.74) is 1.18. The summed E-state index contributed by atoms with van der Waals surface area (Å²) in [7, 11) is 3.44. The number of urea groups is 1. The molecule has 0 spiro atoms. The third kappa shape index (κ3) is 3.37. The van der Waals surface area contributed by atoms with Crippen LogP contribution in [0.5, 0.6) is 0 Å². The van der Waals surface area contributed by atoms with E-state index >= 15 is 0 Å². The van der Waals surface area contributed by atoms with Crippen molar-refractivity contribution < 1.29 is 4.79 Å². The first kappa shape index (κ1) is 13.8. The standard InChI is InChI=1S/C13H19ClN2O/c1-9(10(2)16(4)13(17)15-3)11-5-7-12(14)8-6-11/h5-10H,1-4H3,(H,15,17). The third-order valence-corrected chi connectivity index (χ3v) is 3.52. The number of hydrogen-bond donors (Lipinski definition) is 1. The minimum absolute atomic E-state index is 0.0710. The highest BCUT2D eigenvalue weighted by Crippen LogP contribution is 2.23. The summed E-state index contributed by atoms with van der Waals surface area (Å²) in [5, 5.41) is 3.36. The van der Waals surface area contributed by atoms with E-state index < -0.39 is 0 Å². The number of carbonyl (C=O) groups is 1. The predicted molar refractivity (Wildman–Crippen MR) is 71.5 cm³/mol. The van der Waals surface area contributed by atoms with Crippen molar-refractivity contribution in [3.8, 4) is 0 Å². The van der Waals surface area contributed by atoms with Gasteiger partial charge in [0.1, 0.15) is 0 Å². The van der Waals surface area contributed by atoms with Gasteiger partial charge >= 0.3 is 6.03 Å². The molecular formula is C13H19ClN2O. The lowest BCUT2D eigenvalue weighted by molar-refractivity contribution is 0.189. The van der Waals surface area contributed by atoms with Gasteiger partial charge in [-0.3, -0.25) is 0 Å². The lowest BCUT2D eigenvalue weighted by Crippen LogP contribution is -2.43. The average molecular weight is 255 g/mol. The number of halogens is 1. The average Bonchev–Trinajstić information content (AvgIpc) is 2.36. The molecule has 1 aromatic rings. The first-order chi connectivity index (χ1) is 7.97. The van der Waals surface area contributed by atoms with Gasteiger partial charge < -0.3 is 10.2 Å². The second-order valence-electron chi connectivity index (χ2n) is 4.25. The molecule has 0 aliphatic heterocycles. The van der Waals surface area contributed by atoms with Gasteiger partial charge in [0, 0.05) is 31.1 Å². The number of carbonyl (C=O) groups excluding carboxylic acids is 1. The van der Waals surface area contributed by atoms with Crippen LogP contribution in [0.25, 0.3) is 0 Å². The molecule has 94 valence electrons. The predicted octanol–water partition coefficient (Wildman–Crippen LogP) is 3.10. The number of nitrogens with one attached hydrogen (secondary N) is 1. The summed E-state index contributed by atoms with van der Waals surface area (Å²) in [6, 6.07) is 7.80. The van der Waals surface area contributed by atoms with Crippen molar-refractivity contribution in [2.75, 3.05) is 14.1 Å². The summed E-state index contributed by atoms with van der Waals surface area (Å²) in [6.07, 6.45) is 0. The quantitative estimate of drug-likeness (QED) is 0.883. The number of hydrogen-bond acceptors (Lipinski definition) is 1. The monoisotopic (exact) mass is 254 g/mol. The summed E-state index contributed by atoms with van der Waals surface area (Å²) in [4.78, 5) is 13.2. The molecule has 0 aromatic heterocycles. The van der Waals surface area contributed by atoms with Crippen LogP contribution >= 0.6 is 11.6 Å². The summed E-state index contributed by atoms with van der Waals surface area (Å²) in [5.74, 6) is 0.259. The molecule has 0 bridgehead atoms. The van der Waals surface area contributed by atoms with Crippen LogP contribution in [0.15, 0.2) is 24.3 Å². The molecule has 1 N–H and O–H groups in total. The SMILES string of the molecule is CNC(=O)N(C)C(C)C(C)c1ccc(Cl)cc1. The van der Waals surface area contributed by atoms with Gasteiger partial charge in [-0.05, 0) is 24.6 Å². The van der Waals surface area contributed by atoms with Crippen LogP contribution in [0.3, 0.4) is 0 Å². The second-order valence-corrected chi connectivity index (χ2v) is 4.68. The molecule has 2 atom stereocenters.